The van der Waals surface area contributed by atoms with Crippen LogP contribution in [0.1, 0.15) is 34.5 Å². The van der Waals surface area contributed by atoms with Crippen molar-refractivity contribution in [2.45, 2.75) is 17.1 Å². The first-order valence-electron chi connectivity index (χ1n) is 9.58. The Bertz CT molecular complexity index is 1340. The number of nitrogens with one attached hydrogen (secondary N) is 1. The molecule has 5 N–H and O–H groups in total. The highest BCUT2D eigenvalue weighted by Crippen LogP contribution is 2.50. The van der Waals surface area contributed by atoms with Crippen molar-refractivity contribution in [3.05, 3.63) is 81.9 Å². The first-order chi connectivity index (χ1) is 15.6. The molecule has 33 heavy (non-hydrogen) atoms. The van der Waals surface area contributed by atoms with Crippen LogP contribution in [0.5, 0.6) is 11.5 Å². The molecule has 0 bridgehead atoms. The number of carboxylic acid groups (broad SMARTS) is 1. The van der Waals surface area contributed by atoms with Crippen LogP contribution in [-0.2, 0) is 14.8 Å². The number of carboxylic acids is 1. The molecule has 0 saturated carbocycles. The molecule has 4 rings (SSSR count). The summed E-state index contributed by atoms with van der Waals surface area (Å²) in [5.74, 6) is -2.50. The summed E-state index contributed by atoms with van der Waals surface area (Å²) in [5.41, 5.74) is 0.153. The molecule has 0 heterocycles. The minimum atomic E-state index is -4.41. The second-order valence-electron chi connectivity index (χ2n) is 7.28. The van der Waals surface area contributed by atoms with E-state index in [1.807, 2.05) is 0 Å². The summed E-state index contributed by atoms with van der Waals surface area (Å²) in [6.07, 6.45) is -3.01. The average molecular weight is 492 g/mol. The number of hydrogen-bond donors (Lipinski definition) is 5. The van der Waals surface area contributed by atoms with Gasteiger partial charge in [-0.1, -0.05) is 35.9 Å². The zero-order valence-electron chi connectivity index (χ0n) is 16.8. The molecule has 9 nitrogen and oxygen atoms in total. The quantitative estimate of drug-likeness (QED) is 0.353. The standard InChI is InChI=1S/C22H18ClNO8S/c23-11-5-7-12(8-6-11)24-33(30,31)16-9-15(32-10-17(25)26)22(29)19-18(16)20(27)13-3-1-2-4-14(13)21(19)28/h1-9,20-21,24,27-29H,10H2,(H,25,26). The second-order valence-corrected chi connectivity index (χ2v) is 9.36. The molecule has 3 aromatic rings. The maximum Gasteiger partial charge on any atom is 0.341 e. The van der Waals surface area contributed by atoms with E-state index >= 15 is 0 Å². The summed E-state index contributed by atoms with van der Waals surface area (Å²) in [5, 5.41) is 42.1. The molecule has 1 aliphatic rings. The van der Waals surface area contributed by atoms with Crippen LogP contribution in [0.25, 0.3) is 0 Å². The van der Waals surface area contributed by atoms with Crippen LogP contribution in [0.2, 0.25) is 5.02 Å². The molecule has 11 heteroatoms. The summed E-state index contributed by atoms with van der Waals surface area (Å²) in [4.78, 5) is 10.5. The van der Waals surface area contributed by atoms with Crippen LogP contribution in [0.4, 0.5) is 5.69 Å². The van der Waals surface area contributed by atoms with Crippen LogP contribution in [0.3, 0.4) is 0 Å². The van der Waals surface area contributed by atoms with Crippen molar-refractivity contribution in [1.29, 1.82) is 0 Å². The largest absolute Gasteiger partial charge is 0.504 e. The van der Waals surface area contributed by atoms with Gasteiger partial charge in [0.25, 0.3) is 10.0 Å². The molecule has 1 aliphatic carbocycles. The van der Waals surface area contributed by atoms with Gasteiger partial charge in [-0.25, -0.2) is 13.2 Å². The van der Waals surface area contributed by atoms with Crippen LogP contribution in [-0.4, -0.2) is 41.4 Å². The van der Waals surface area contributed by atoms with E-state index in [0.717, 1.165) is 6.07 Å². The van der Waals surface area contributed by atoms with Gasteiger partial charge < -0.3 is 25.2 Å². The lowest BCUT2D eigenvalue weighted by atomic mass is 9.81. The van der Waals surface area contributed by atoms with Gasteiger partial charge in [0.15, 0.2) is 18.1 Å². The predicted molar refractivity (Wildman–Crippen MR) is 118 cm³/mol. The molecule has 2 unspecified atom stereocenters. The number of phenols is 1. The molecule has 0 radical (unpaired) electrons. The number of aliphatic carboxylic acids is 1. The third-order valence-corrected chi connectivity index (χ3v) is 6.85. The monoisotopic (exact) mass is 491 g/mol. The van der Waals surface area contributed by atoms with Crippen molar-refractivity contribution in [3.8, 4) is 11.5 Å². The SMILES string of the molecule is O=C(O)COc1cc(S(=O)(=O)Nc2ccc(Cl)cc2)c2c(c1O)C(O)c1ccccc1C2O. The van der Waals surface area contributed by atoms with Crippen molar-refractivity contribution in [3.63, 3.8) is 0 Å². The zero-order valence-corrected chi connectivity index (χ0v) is 18.3. The fourth-order valence-corrected chi connectivity index (χ4v) is 5.19. The zero-order chi connectivity index (χ0) is 23.9. The van der Waals surface area contributed by atoms with Gasteiger partial charge in [0, 0.05) is 27.9 Å². The smallest absolute Gasteiger partial charge is 0.341 e. The number of fused-ring (bicyclic) bond motifs is 2. The maximum absolute atomic E-state index is 13.3. The number of carbonyl (C=O) groups is 1. The number of aliphatic hydroxyl groups excluding tert-OH is 2. The van der Waals surface area contributed by atoms with Gasteiger partial charge in [0.2, 0.25) is 0 Å². The summed E-state index contributed by atoms with van der Waals surface area (Å²) < 4.78 is 34.1. The fourth-order valence-electron chi connectivity index (χ4n) is 3.74. The highest BCUT2D eigenvalue weighted by molar-refractivity contribution is 7.92. The van der Waals surface area contributed by atoms with Crippen LogP contribution in [0, 0.1) is 0 Å². The lowest BCUT2D eigenvalue weighted by Gasteiger charge is -2.31. The van der Waals surface area contributed by atoms with Crippen molar-refractivity contribution in [2.24, 2.45) is 0 Å². The van der Waals surface area contributed by atoms with Crippen molar-refractivity contribution in [2.75, 3.05) is 11.3 Å². The van der Waals surface area contributed by atoms with E-state index in [-0.39, 0.29) is 27.9 Å². The topological polar surface area (TPSA) is 153 Å². The van der Waals surface area contributed by atoms with Gasteiger partial charge in [-0.3, -0.25) is 4.72 Å². The minimum Gasteiger partial charge on any atom is -0.504 e. The normalized spacial score (nSPS) is 17.1. The van der Waals surface area contributed by atoms with E-state index in [4.69, 9.17) is 21.4 Å². The molecule has 2 atom stereocenters. The summed E-state index contributed by atoms with van der Waals surface area (Å²) >= 11 is 5.85. The highest BCUT2D eigenvalue weighted by atomic mass is 35.5. The molecule has 0 saturated heterocycles. The lowest BCUT2D eigenvalue weighted by molar-refractivity contribution is -0.139. The van der Waals surface area contributed by atoms with Gasteiger partial charge in [0.05, 0.1) is 4.90 Å². The van der Waals surface area contributed by atoms with Crippen molar-refractivity contribution in [1.82, 2.24) is 0 Å². The fraction of sp³-hybridized carbons (Fsp3) is 0.136. The van der Waals surface area contributed by atoms with Gasteiger partial charge in [0.1, 0.15) is 12.2 Å². The molecule has 0 aliphatic heterocycles. The number of halogens is 1. The Labute approximate surface area is 193 Å². The summed E-state index contributed by atoms with van der Waals surface area (Å²) in [7, 11) is -4.41. The van der Waals surface area contributed by atoms with Gasteiger partial charge in [-0.05, 0) is 35.4 Å². The summed E-state index contributed by atoms with van der Waals surface area (Å²) in [6, 6.07) is 13.0. The number of sulfonamides is 1. The Morgan fingerprint density at radius 2 is 1.58 bits per heavy atom. The third kappa shape index (κ3) is 4.21. The average Bonchev–Trinajstić information content (AvgIpc) is 2.77. The predicted octanol–water partition coefficient (Wildman–Crippen LogP) is 2.79. The number of benzene rings is 3. The van der Waals surface area contributed by atoms with Gasteiger partial charge >= 0.3 is 5.97 Å². The Hall–Kier alpha value is -3.31. The molecule has 0 aromatic heterocycles. The van der Waals surface area contributed by atoms with Gasteiger partial charge in [-0.15, -0.1) is 0 Å². The Morgan fingerprint density at radius 1 is 1.00 bits per heavy atom. The van der Waals surface area contributed by atoms with E-state index in [2.05, 4.69) is 4.72 Å². The van der Waals surface area contributed by atoms with E-state index in [9.17, 15) is 28.5 Å². The number of hydrogen-bond acceptors (Lipinski definition) is 7. The molecule has 0 fully saturated rings. The molecule has 3 aromatic carbocycles. The second kappa shape index (κ2) is 8.56. The number of anilines is 1. The highest BCUT2D eigenvalue weighted by Gasteiger charge is 2.39. The lowest BCUT2D eigenvalue weighted by Crippen LogP contribution is -2.24. The number of phenolic OH excluding ortho intramolecular Hbond substituents is 1. The van der Waals surface area contributed by atoms with Crippen molar-refractivity contribution < 1.29 is 38.4 Å². The Kier molecular flexibility index (Phi) is 5.93. The van der Waals surface area contributed by atoms with E-state index in [1.165, 1.54) is 36.4 Å². The number of aromatic hydroxyl groups is 1. The Balaban J connectivity index is 1.93. The van der Waals surface area contributed by atoms with E-state index in [0.29, 0.717) is 5.02 Å². The first kappa shape index (κ1) is 22.9. The van der Waals surface area contributed by atoms with E-state index in [1.54, 1.807) is 12.1 Å². The number of rotatable bonds is 6. The molecular formula is C22H18ClNO8S. The maximum atomic E-state index is 13.3. The van der Waals surface area contributed by atoms with Crippen molar-refractivity contribution >= 4 is 33.3 Å². The van der Waals surface area contributed by atoms with Crippen LogP contribution >= 0.6 is 11.6 Å². The van der Waals surface area contributed by atoms with Gasteiger partial charge in [-0.2, -0.15) is 0 Å². The number of ether oxygens (including phenoxy) is 1. The minimum absolute atomic E-state index is 0.167. The molecular weight excluding hydrogens is 474 g/mol. The number of aliphatic hydroxyl groups is 2. The Morgan fingerprint density at radius 3 is 2.15 bits per heavy atom. The summed E-state index contributed by atoms with van der Waals surface area (Å²) in [6.45, 7) is -0.869. The van der Waals surface area contributed by atoms with E-state index < -0.39 is 51.2 Å². The van der Waals surface area contributed by atoms with Crippen LogP contribution < -0.4 is 9.46 Å². The molecule has 0 spiro atoms. The van der Waals surface area contributed by atoms with Crippen LogP contribution in [0.15, 0.2) is 59.5 Å². The molecule has 0 amide bonds. The third-order valence-electron chi connectivity index (χ3n) is 5.18. The first-order valence-corrected chi connectivity index (χ1v) is 11.4. The molecule has 172 valence electrons.